The van der Waals surface area contributed by atoms with Gasteiger partial charge in [0.2, 0.25) is 0 Å². The fraction of sp³-hybridized carbons (Fsp3) is 0.333. The van der Waals surface area contributed by atoms with Crippen molar-refractivity contribution >= 4 is 5.97 Å². The van der Waals surface area contributed by atoms with Gasteiger partial charge in [-0.05, 0) is 23.6 Å². The van der Waals surface area contributed by atoms with Gasteiger partial charge in [0.25, 0.3) is 0 Å². The SMILES string of the molecule is Cn1cncc1CN1CCc2c(cccc2C(=O)O)C1. The summed E-state index contributed by atoms with van der Waals surface area (Å²) in [7, 11) is 1.99. The lowest BCUT2D eigenvalue weighted by molar-refractivity contribution is 0.0694. The summed E-state index contributed by atoms with van der Waals surface area (Å²) < 4.78 is 2.02. The summed E-state index contributed by atoms with van der Waals surface area (Å²) in [6.45, 7) is 2.51. The number of carbonyl (C=O) groups is 1. The molecule has 5 heteroatoms. The highest BCUT2D eigenvalue weighted by Crippen LogP contribution is 2.23. The Kier molecular flexibility index (Phi) is 3.28. The third-order valence-electron chi connectivity index (χ3n) is 3.88. The van der Waals surface area contributed by atoms with E-state index in [4.69, 9.17) is 0 Å². The molecule has 20 heavy (non-hydrogen) atoms. The number of benzene rings is 1. The van der Waals surface area contributed by atoms with Gasteiger partial charge in [0, 0.05) is 32.9 Å². The van der Waals surface area contributed by atoms with Crippen molar-refractivity contribution in [3.8, 4) is 0 Å². The Morgan fingerprint density at radius 3 is 3.00 bits per heavy atom. The van der Waals surface area contributed by atoms with Gasteiger partial charge < -0.3 is 9.67 Å². The molecule has 0 atom stereocenters. The summed E-state index contributed by atoms with van der Waals surface area (Å²) >= 11 is 0. The van der Waals surface area contributed by atoms with Crippen LogP contribution in [-0.4, -0.2) is 32.1 Å². The molecule has 0 bridgehead atoms. The number of aromatic carboxylic acids is 1. The minimum atomic E-state index is -0.832. The molecular formula is C15H17N3O2. The van der Waals surface area contributed by atoms with E-state index in [-0.39, 0.29) is 0 Å². The van der Waals surface area contributed by atoms with E-state index in [1.807, 2.05) is 29.9 Å². The zero-order valence-electron chi connectivity index (χ0n) is 11.4. The van der Waals surface area contributed by atoms with Crippen LogP contribution in [0.4, 0.5) is 0 Å². The Balaban J connectivity index is 1.81. The second-order valence-electron chi connectivity index (χ2n) is 5.20. The fourth-order valence-electron chi connectivity index (χ4n) is 2.77. The van der Waals surface area contributed by atoms with Crippen LogP contribution in [0.15, 0.2) is 30.7 Å². The quantitative estimate of drug-likeness (QED) is 0.922. The molecule has 0 unspecified atom stereocenters. The molecule has 1 N–H and O–H groups in total. The lowest BCUT2D eigenvalue weighted by Crippen LogP contribution is -2.31. The lowest BCUT2D eigenvalue weighted by Gasteiger charge is -2.29. The Bertz CT molecular complexity index is 648. The van der Waals surface area contributed by atoms with Crippen molar-refractivity contribution in [2.75, 3.05) is 6.54 Å². The van der Waals surface area contributed by atoms with Crippen LogP contribution in [0.25, 0.3) is 0 Å². The molecule has 2 aromatic rings. The zero-order chi connectivity index (χ0) is 14.1. The molecule has 0 spiro atoms. The standard InChI is InChI=1S/C15H17N3O2/c1-17-10-16-7-12(17)9-18-6-5-13-11(8-18)3-2-4-14(13)15(19)20/h2-4,7,10H,5-6,8-9H2,1H3,(H,19,20). The van der Waals surface area contributed by atoms with Crippen molar-refractivity contribution in [3.05, 3.63) is 53.1 Å². The van der Waals surface area contributed by atoms with Gasteiger partial charge in [-0.2, -0.15) is 0 Å². The first-order chi connectivity index (χ1) is 9.65. The minimum Gasteiger partial charge on any atom is -0.478 e. The average Bonchev–Trinajstić information content (AvgIpc) is 2.83. The fourth-order valence-corrected chi connectivity index (χ4v) is 2.77. The molecule has 0 saturated carbocycles. The Morgan fingerprint density at radius 2 is 2.30 bits per heavy atom. The van der Waals surface area contributed by atoms with Gasteiger partial charge in [-0.25, -0.2) is 9.78 Å². The Labute approximate surface area is 117 Å². The lowest BCUT2D eigenvalue weighted by atomic mass is 9.94. The number of nitrogens with zero attached hydrogens (tertiary/aromatic N) is 3. The molecule has 0 radical (unpaired) electrons. The van der Waals surface area contributed by atoms with Crippen molar-refractivity contribution in [1.82, 2.24) is 14.5 Å². The number of aromatic nitrogens is 2. The van der Waals surface area contributed by atoms with E-state index in [1.165, 1.54) is 5.69 Å². The minimum absolute atomic E-state index is 0.447. The van der Waals surface area contributed by atoms with Gasteiger partial charge in [-0.3, -0.25) is 4.90 Å². The third-order valence-corrected chi connectivity index (χ3v) is 3.88. The number of hydrogen-bond acceptors (Lipinski definition) is 3. The largest absolute Gasteiger partial charge is 0.478 e. The molecule has 3 rings (SSSR count). The van der Waals surface area contributed by atoms with E-state index in [0.29, 0.717) is 5.56 Å². The smallest absolute Gasteiger partial charge is 0.335 e. The Morgan fingerprint density at radius 1 is 1.45 bits per heavy atom. The van der Waals surface area contributed by atoms with Crippen LogP contribution in [-0.2, 0) is 26.6 Å². The van der Waals surface area contributed by atoms with Crippen LogP contribution in [0.5, 0.6) is 0 Å². The molecule has 0 amide bonds. The first-order valence-electron chi connectivity index (χ1n) is 6.67. The molecule has 1 aromatic carbocycles. The molecule has 0 saturated heterocycles. The van der Waals surface area contributed by atoms with Crippen molar-refractivity contribution < 1.29 is 9.90 Å². The summed E-state index contributed by atoms with van der Waals surface area (Å²) in [6, 6.07) is 5.55. The van der Waals surface area contributed by atoms with E-state index in [0.717, 1.165) is 37.2 Å². The third kappa shape index (κ3) is 2.32. The van der Waals surface area contributed by atoms with Gasteiger partial charge in [0.1, 0.15) is 0 Å². The molecular weight excluding hydrogens is 254 g/mol. The second kappa shape index (κ2) is 5.09. The van der Waals surface area contributed by atoms with Gasteiger partial charge in [0.15, 0.2) is 0 Å². The van der Waals surface area contributed by atoms with Gasteiger partial charge in [0.05, 0.1) is 17.6 Å². The highest BCUT2D eigenvalue weighted by atomic mass is 16.4. The zero-order valence-corrected chi connectivity index (χ0v) is 11.4. The molecule has 2 heterocycles. The number of imidazole rings is 1. The normalized spacial score (nSPS) is 15.1. The first kappa shape index (κ1) is 12.9. The summed E-state index contributed by atoms with van der Waals surface area (Å²) in [5, 5.41) is 9.23. The molecule has 0 fully saturated rings. The van der Waals surface area contributed by atoms with Crippen LogP contribution >= 0.6 is 0 Å². The number of fused-ring (bicyclic) bond motifs is 1. The van der Waals surface area contributed by atoms with Crippen molar-refractivity contribution in [2.24, 2.45) is 7.05 Å². The molecule has 1 aliphatic rings. The number of rotatable bonds is 3. The van der Waals surface area contributed by atoms with Crippen LogP contribution < -0.4 is 0 Å². The predicted molar refractivity (Wildman–Crippen MR) is 74.4 cm³/mol. The molecule has 1 aromatic heterocycles. The molecule has 0 aliphatic carbocycles. The summed E-state index contributed by atoms with van der Waals surface area (Å²) in [4.78, 5) is 17.7. The van der Waals surface area contributed by atoms with E-state index < -0.39 is 5.97 Å². The van der Waals surface area contributed by atoms with E-state index >= 15 is 0 Å². The highest BCUT2D eigenvalue weighted by Gasteiger charge is 2.21. The summed E-state index contributed by atoms with van der Waals surface area (Å²) in [6.07, 6.45) is 4.47. The summed E-state index contributed by atoms with van der Waals surface area (Å²) in [5.41, 5.74) is 3.73. The van der Waals surface area contributed by atoms with E-state index in [2.05, 4.69) is 9.88 Å². The number of carboxylic acid groups (broad SMARTS) is 1. The van der Waals surface area contributed by atoms with E-state index in [9.17, 15) is 9.90 Å². The number of carboxylic acids is 1. The maximum atomic E-state index is 11.2. The number of hydrogen-bond donors (Lipinski definition) is 1. The maximum Gasteiger partial charge on any atom is 0.335 e. The first-order valence-corrected chi connectivity index (χ1v) is 6.67. The van der Waals surface area contributed by atoms with Crippen LogP contribution in [0.1, 0.15) is 27.2 Å². The average molecular weight is 271 g/mol. The van der Waals surface area contributed by atoms with Crippen molar-refractivity contribution in [2.45, 2.75) is 19.5 Å². The van der Waals surface area contributed by atoms with Crippen LogP contribution in [0, 0.1) is 0 Å². The molecule has 5 nitrogen and oxygen atoms in total. The van der Waals surface area contributed by atoms with E-state index in [1.54, 1.807) is 12.4 Å². The second-order valence-corrected chi connectivity index (χ2v) is 5.20. The predicted octanol–water partition coefficient (Wildman–Crippen LogP) is 1.68. The monoisotopic (exact) mass is 271 g/mol. The highest BCUT2D eigenvalue weighted by molar-refractivity contribution is 5.89. The van der Waals surface area contributed by atoms with Gasteiger partial charge in [-0.15, -0.1) is 0 Å². The van der Waals surface area contributed by atoms with Crippen LogP contribution in [0.2, 0.25) is 0 Å². The van der Waals surface area contributed by atoms with Gasteiger partial charge >= 0.3 is 5.97 Å². The van der Waals surface area contributed by atoms with Crippen molar-refractivity contribution in [1.29, 1.82) is 0 Å². The Hall–Kier alpha value is -2.14. The maximum absolute atomic E-state index is 11.2. The van der Waals surface area contributed by atoms with Crippen LogP contribution in [0.3, 0.4) is 0 Å². The molecule has 1 aliphatic heterocycles. The van der Waals surface area contributed by atoms with Crippen molar-refractivity contribution in [3.63, 3.8) is 0 Å². The topological polar surface area (TPSA) is 58.4 Å². The number of aryl methyl sites for hydroxylation is 1. The molecule has 104 valence electrons. The summed E-state index contributed by atoms with van der Waals surface area (Å²) in [5.74, 6) is -0.832. The van der Waals surface area contributed by atoms with Gasteiger partial charge in [-0.1, -0.05) is 12.1 Å².